The molecule has 1 aromatic carbocycles. The molecule has 0 N–H and O–H groups in total. The van der Waals surface area contributed by atoms with Gasteiger partial charge in [0.1, 0.15) is 10.1 Å². The van der Waals surface area contributed by atoms with Gasteiger partial charge in [-0.15, -0.1) is 0 Å². The van der Waals surface area contributed by atoms with Crippen LogP contribution in [0.25, 0.3) is 6.08 Å². The van der Waals surface area contributed by atoms with Gasteiger partial charge in [0.25, 0.3) is 0 Å². The second kappa shape index (κ2) is 5.37. The van der Waals surface area contributed by atoms with E-state index in [0.717, 1.165) is 5.56 Å². The molecule has 0 saturated heterocycles. The van der Waals surface area contributed by atoms with Crippen LogP contribution in [-0.4, -0.2) is 13.0 Å². The molecule has 0 amide bonds. The number of aryl methyl sites for hydroxylation is 1. The fourth-order valence-electron chi connectivity index (χ4n) is 0.839. The van der Waals surface area contributed by atoms with Gasteiger partial charge in [-0.05, 0) is 18.6 Å². The molecule has 0 unspecified atom stereocenters. The molecule has 0 radical (unpaired) electrons. The molecule has 70 valence electrons. The monoisotopic (exact) mass is 204 g/mol. The van der Waals surface area contributed by atoms with E-state index in [9.17, 15) is 13.0 Å². The molecule has 5 heteroatoms. The van der Waals surface area contributed by atoms with Crippen LogP contribution in [0.15, 0.2) is 29.7 Å². The predicted octanol–water partition coefficient (Wildman–Crippen LogP) is -1.49. The van der Waals surface area contributed by atoms with Crippen LogP contribution in [0.3, 0.4) is 0 Å². The van der Waals surface area contributed by atoms with Crippen molar-refractivity contribution in [2.75, 3.05) is 0 Å². The zero-order chi connectivity index (χ0) is 9.90. The summed E-state index contributed by atoms with van der Waals surface area (Å²) in [6, 6.07) is 7.18. The van der Waals surface area contributed by atoms with Crippen molar-refractivity contribution < 1.29 is 31.8 Å². The van der Waals surface area contributed by atoms with Crippen molar-refractivity contribution in [1.82, 2.24) is 0 Å². The standard InChI is InChI=1S/C9H10O3S.Li/c1-8-2-4-9(5-3-8)6-7-13(10,11)12;/h2-7H,1H3,(H,10,11,12);/q;+1/p-1. The maximum Gasteiger partial charge on any atom is 1.00 e. The van der Waals surface area contributed by atoms with Gasteiger partial charge in [0.2, 0.25) is 0 Å². The van der Waals surface area contributed by atoms with Crippen molar-refractivity contribution in [2.24, 2.45) is 0 Å². The fraction of sp³-hybridized carbons (Fsp3) is 0.111. The first-order valence-electron chi connectivity index (χ1n) is 3.68. The van der Waals surface area contributed by atoms with Gasteiger partial charge in [0.15, 0.2) is 0 Å². The van der Waals surface area contributed by atoms with Gasteiger partial charge >= 0.3 is 18.9 Å². The molecule has 0 aliphatic heterocycles. The molecule has 0 fully saturated rings. The van der Waals surface area contributed by atoms with Crippen LogP contribution in [0.1, 0.15) is 11.1 Å². The molecule has 0 aliphatic carbocycles. The minimum atomic E-state index is -4.26. The van der Waals surface area contributed by atoms with Crippen molar-refractivity contribution >= 4 is 16.2 Å². The summed E-state index contributed by atoms with van der Waals surface area (Å²) in [5.74, 6) is 0. The van der Waals surface area contributed by atoms with Gasteiger partial charge in [-0.25, -0.2) is 8.42 Å². The summed E-state index contributed by atoms with van der Waals surface area (Å²) in [6.45, 7) is 1.93. The third kappa shape index (κ3) is 5.25. The van der Waals surface area contributed by atoms with Crippen molar-refractivity contribution in [3.63, 3.8) is 0 Å². The Morgan fingerprint density at radius 2 is 1.71 bits per heavy atom. The molecule has 0 saturated carbocycles. The van der Waals surface area contributed by atoms with Crippen LogP contribution >= 0.6 is 0 Å². The topological polar surface area (TPSA) is 57.2 Å². The van der Waals surface area contributed by atoms with Crippen LogP contribution in [0, 0.1) is 6.92 Å². The zero-order valence-corrected chi connectivity index (χ0v) is 8.91. The Labute approximate surface area is 95.8 Å². The van der Waals surface area contributed by atoms with E-state index in [4.69, 9.17) is 0 Å². The summed E-state index contributed by atoms with van der Waals surface area (Å²) in [5.41, 5.74) is 1.78. The molecular weight excluding hydrogens is 195 g/mol. The van der Waals surface area contributed by atoms with Crippen molar-refractivity contribution in [2.45, 2.75) is 6.92 Å². The molecule has 3 nitrogen and oxygen atoms in total. The predicted molar refractivity (Wildman–Crippen MR) is 49.9 cm³/mol. The minimum Gasteiger partial charge on any atom is -0.744 e. The number of benzene rings is 1. The SMILES string of the molecule is Cc1ccc(C=CS(=O)(=O)[O-])cc1.[Li+]. The van der Waals surface area contributed by atoms with E-state index in [1.165, 1.54) is 6.08 Å². The van der Waals surface area contributed by atoms with Crippen molar-refractivity contribution in [3.05, 3.63) is 40.8 Å². The van der Waals surface area contributed by atoms with E-state index in [1.807, 2.05) is 19.1 Å². The Balaban J connectivity index is 0.00000169. The fourth-order valence-corrected chi connectivity index (χ4v) is 1.16. The Morgan fingerprint density at radius 3 is 2.14 bits per heavy atom. The van der Waals surface area contributed by atoms with Crippen LogP contribution in [0.4, 0.5) is 0 Å². The number of rotatable bonds is 2. The molecule has 1 rings (SSSR count). The van der Waals surface area contributed by atoms with Gasteiger partial charge in [-0.1, -0.05) is 29.8 Å². The molecule has 0 aliphatic rings. The van der Waals surface area contributed by atoms with Crippen molar-refractivity contribution in [1.29, 1.82) is 0 Å². The maximum absolute atomic E-state index is 10.2. The van der Waals surface area contributed by atoms with E-state index >= 15 is 0 Å². The largest absolute Gasteiger partial charge is 1.00 e. The van der Waals surface area contributed by atoms with Gasteiger partial charge < -0.3 is 4.55 Å². The Morgan fingerprint density at radius 1 is 1.21 bits per heavy atom. The van der Waals surface area contributed by atoms with Crippen LogP contribution in [0.5, 0.6) is 0 Å². The Hall–Kier alpha value is -0.533. The molecule has 1 aromatic rings. The molecular formula is C9H9LiO3S. The molecule has 0 aromatic heterocycles. The second-order valence-electron chi connectivity index (χ2n) is 2.71. The summed E-state index contributed by atoms with van der Waals surface area (Å²) in [5, 5.41) is 0.650. The first-order valence-corrected chi connectivity index (χ1v) is 5.15. The molecule has 14 heavy (non-hydrogen) atoms. The van der Waals surface area contributed by atoms with Crippen LogP contribution < -0.4 is 18.9 Å². The van der Waals surface area contributed by atoms with E-state index in [2.05, 4.69) is 0 Å². The molecule has 0 bridgehead atoms. The first-order chi connectivity index (χ1) is 5.97. The molecule has 0 spiro atoms. The summed E-state index contributed by atoms with van der Waals surface area (Å²) in [7, 11) is -4.26. The van der Waals surface area contributed by atoms with Gasteiger partial charge in [0, 0.05) is 5.41 Å². The Kier molecular flexibility index (Phi) is 5.17. The van der Waals surface area contributed by atoms with Gasteiger partial charge in [-0.2, -0.15) is 0 Å². The second-order valence-corrected chi connectivity index (χ2v) is 3.96. The maximum atomic E-state index is 10.2. The average Bonchev–Trinajstić information content (AvgIpc) is 2.02. The number of hydrogen-bond acceptors (Lipinski definition) is 3. The van der Waals surface area contributed by atoms with E-state index in [1.54, 1.807) is 12.1 Å². The van der Waals surface area contributed by atoms with E-state index < -0.39 is 10.1 Å². The molecule has 0 heterocycles. The third-order valence-electron chi connectivity index (χ3n) is 1.50. The summed E-state index contributed by atoms with van der Waals surface area (Å²) in [6.07, 6.45) is 1.28. The number of hydrogen-bond donors (Lipinski definition) is 0. The van der Waals surface area contributed by atoms with Gasteiger partial charge in [0.05, 0.1) is 0 Å². The summed E-state index contributed by atoms with van der Waals surface area (Å²) >= 11 is 0. The normalized spacial score (nSPS) is 11.3. The smallest absolute Gasteiger partial charge is 0.744 e. The Bertz CT molecular complexity index is 406. The van der Waals surface area contributed by atoms with Crippen molar-refractivity contribution in [3.8, 4) is 0 Å². The average molecular weight is 204 g/mol. The minimum absolute atomic E-state index is 0. The van der Waals surface area contributed by atoms with E-state index in [0.29, 0.717) is 11.0 Å². The van der Waals surface area contributed by atoms with E-state index in [-0.39, 0.29) is 18.9 Å². The third-order valence-corrected chi connectivity index (χ3v) is 1.97. The zero-order valence-electron chi connectivity index (χ0n) is 8.10. The van der Waals surface area contributed by atoms with Gasteiger partial charge in [-0.3, -0.25) is 0 Å². The summed E-state index contributed by atoms with van der Waals surface area (Å²) in [4.78, 5) is 0. The molecule has 0 atom stereocenters. The summed E-state index contributed by atoms with van der Waals surface area (Å²) < 4.78 is 30.7. The van der Waals surface area contributed by atoms with Crippen LogP contribution in [0.2, 0.25) is 0 Å². The quantitative estimate of drug-likeness (QED) is 0.436. The van der Waals surface area contributed by atoms with Crippen LogP contribution in [-0.2, 0) is 10.1 Å². The first kappa shape index (κ1) is 13.5.